The van der Waals surface area contributed by atoms with Crippen molar-refractivity contribution in [1.82, 2.24) is 14.9 Å². The standard InChI is InChI=1S/C24H20N6O3/c25-14-16-11-23(27-22-6-5-18(30(32)33)13-20(16)22)28-7-9-29(10-8-28)24(31)12-17-15-26-21-4-2-1-3-19(17)21/h1-6,11,13,15,26H,7-10,12H2. The van der Waals surface area contributed by atoms with Crippen LogP contribution in [-0.2, 0) is 11.2 Å². The van der Waals surface area contributed by atoms with Crippen molar-refractivity contribution in [1.29, 1.82) is 5.26 Å². The molecule has 4 aromatic rings. The number of nitro groups is 1. The highest BCUT2D eigenvalue weighted by molar-refractivity contribution is 5.90. The number of carbonyl (C=O) groups is 1. The molecule has 9 heteroatoms. The van der Waals surface area contributed by atoms with Crippen LogP contribution in [0, 0.1) is 21.4 Å². The summed E-state index contributed by atoms with van der Waals surface area (Å²) in [5.41, 5.74) is 2.81. The average Bonchev–Trinajstić information content (AvgIpc) is 3.25. The number of para-hydroxylation sites is 1. The summed E-state index contributed by atoms with van der Waals surface area (Å²) in [6.45, 7) is 2.30. The van der Waals surface area contributed by atoms with Crippen molar-refractivity contribution >= 4 is 39.2 Å². The monoisotopic (exact) mass is 440 g/mol. The number of fused-ring (bicyclic) bond motifs is 2. The maximum Gasteiger partial charge on any atom is 0.270 e. The first-order valence-corrected chi connectivity index (χ1v) is 10.6. The van der Waals surface area contributed by atoms with Crippen LogP contribution >= 0.6 is 0 Å². The van der Waals surface area contributed by atoms with Gasteiger partial charge in [0, 0.05) is 60.8 Å². The van der Waals surface area contributed by atoms with Crippen molar-refractivity contribution in [3.05, 3.63) is 76.0 Å². The molecule has 5 rings (SSSR count). The van der Waals surface area contributed by atoms with Gasteiger partial charge in [-0.05, 0) is 23.8 Å². The van der Waals surface area contributed by atoms with E-state index in [0.717, 1.165) is 16.5 Å². The molecule has 1 N–H and O–H groups in total. The van der Waals surface area contributed by atoms with Gasteiger partial charge in [-0.2, -0.15) is 5.26 Å². The molecule has 0 unspecified atom stereocenters. The van der Waals surface area contributed by atoms with Gasteiger partial charge >= 0.3 is 0 Å². The summed E-state index contributed by atoms with van der Waals surface area (Å²) in [5.74, 6) is 0.715. The minimum absolute atomic E-state index is 0.0733. The molecule has 2 aromatic heterocycles. The van der Waals surface area contributed by atoms with E-state index in [1.54, 1.807) is 12.1 Å². The van der Waals surface area contributed by atoms with Gasteiger partial charge in [0.1, 0.15) is 5.82 Å². The number of hydrogen-bond acceptors (Lipinski definition) is 6. The Morgan fingerprint density at radius 1 is 1.12 bits per heavy atom. The number of nitrogens with zero attached hydrogens (tertiary/aromatic N) is 5. The second-order valence-electron chi connectivity index (χ2n) is 8.00. The smallest absolute Gasteiger partial charge is 0.270 e. The van der Waals surface area contributed by atoms with Crippen molar-refractivity contribution in [3.63, 3.8) is 0 Å². The highest BCUT2D eigenvalue weighted by Crippen LogP contribution is 2.27. The molecule has 1 fully saturated rings. The number of H-pyrrole nitrogens is 1. The van der Waals surface area contributed by atoms with Gasteiger partial charge in [-0.3, -0.25) is 14.9 Å². The fourth-order valence-electron chi connectivity index (χ4n) is 4.31. The van der Waals surface area contributed by atoms with E-state index in [1.807, 2.05) is 40.3 Å². The lowest BCUT2D eigenvalue weighted by molar-refractivity contribution is -0.384. The predicted molar refractivity (Wildman–Crippen MR) is 124 cm³/mol. The van der Waals surface area contributed by atoms with Crippen LogP contribution in [0.1, 0.15) is 11.1 Å². The Bertz CT molecular complexity index is 1430. The number of rotatable bonds is 4. The molecule has 1 aliphatic heterocycles. The average molecular weight is 440 g/mol. The molecule has 0 saturated carbocycles. The first-order chi connectivity index (χ1) is 16.0. The van der Waals surface area contributed by atoms with Gasteiger partial charge in [-0.1, -0.05) is 18.2 Å². The number of nitriles is 1. The summed E-state index contributed by atoms with van der Waals surface area (Å²) < 4.78 is 0. The Kier molecular flexibility index (Phi) is 5.11. The van der Waals surface area contributed by atoms with E-state index in [-0.39, 0.29) is 11.6 Å². The zero-order valence-corrected chi connectivity index (χ0v) is 17.7. The summed E-state index contributed by atoms with van der Waals surface area (Å²) >= 11 is 0. The minimum atomic E-state index is -0.485. The topological polar surface area (TPSA) is 119 Å². The molecule has 0 atom stereocenters. The zero-order chi connectivity index (χ0) is 22.9. The van der Waals surface area contributed by atoms with Gasteiger partial charge in [0.15, 0.2) is 0 Å². The van der Waals surface area contributed by atoms with E-state index >= 15 is 0 Å². The van der Waals surface area contributed by atoms with Gasteiger partial charge < -0.3 is 14.8 Å². The van der Waals surface area contributed by atoms with Crippen molar-refractivity contribution in [3.8, 4) is 6.07 Å². The van der Waals surface area contributed by atoms with Crippen LogP contribution in [0.2, 0.25) is 0 Å². The molecule has 2 aromatic carbocycles. The van der Waals surface area contributed by atoms with Crippen LogP contribution in [0.25, 0.3) is 21.8 Å². The highest BCUT2D eigenvalue weighted by atomic mass is 16.6. The Labute approximate surface area is 189 Å². The number of nitro benzene ring substituents is 1. The third-order valence-corrected chi connectivity index (χ3v) is 6.08. The van der Waals surface area contributed by atoms with E-state index in [4.69, 9.17) is 0 Å². The van der Waals surface area contributed by atoms with E-state index < -0.39 is 4.92 Å². The number of benzene rings is 2. The van der Waals surface area contributed by atoms with E-state index in [0.29, 0.717) is 54.9 Å². The zero-order valence-electron chi connectivity index (χ0n) is 17.7. The van der Waals surface area contributed by atoms with Crippen LogP contribution in [0.15, 0.2) is 54.7 Å². The normalized spacial score (nSPS) is 13.9. The molecule has 33 heavy (non-hydrogen) atoms. The Morgan fingerprint density at radius 2 is 1.91 bits per heavy atom. The van der Waals surface area contributed by atoms with E-state index in [1.165, 1.54) is 12.1 Å². The van der Waals surface area contributed by atoms with Crippen LogP contribution in [0.3, 0.4) is 0 Å². The lowest BCUT2D eigenvalue weighted by Crippen LogP contribution is -2.49. The lowest BCUT2D eigenvalue weighted by atomic mass is 10.1. The first kappa shape index (κ1) is 20.5. The van der Waals surface area contributed by atoms with Crippen LogP contribution < -0.4 is 4.90 Å². The number of aromatic amines is 1. The number of hydrogen-bond donors (Lipinski definition) is 1. The maximum absolute atomic E-state index is 12.9. The maximum atomic E-state index is 12.9. The fourth-order valence-corrected chi connectivity index (χ4v) is 4.31. The molecule has 1 saturated heterocycles. The first-order valence-electron chi connectivity index (χ1n) is 10.6. The largest absolute Gasteiger partial charge is 0.361 e. The molecule has 164 valence electrons. The molecular weight excluding hydrogens is 420 g/mol. The van der Waals surface area contributed by atoms with Gasteiger partial charge in [-0.15, -0.1) is 0 Å². The van der Waals surface area contributed by atoms with Gasteiger partial charge in [0.05, 0.1) is 28.5 Å². The summed E-state index contributed by atoms with van der Waals surface area (Å²) in [6, 6.07) is 16.1. The predicted octanol–water partition coefficient (Wildman–Crippen LogP) is 3.39. The van der Waals surface area contributed by atoms with Gasteiger partial charge in [0.25, 0.3) is 5.69 Å². The number of aromatic nitrogens is 2. The highest BCUT2D eigenvalue weighted by Gasteiger charge is 2.24. The third-order valence-electron chi connectivity index (χ3n) is 6.08. The lowest BCUT2D eigenvalue weighted by Gasteiger charge is -2.35. The molecule has 1 aliphatic rings. The van der Waals surface area contributed by atoms with E-state index in [2.05, 4.69) is 16.0 Å². The molecule has 0 bridgehead atoms. The van der Waals surface area contributed by atoms with Gasteiger partial charge in [0.2, 0.25) is 5.91 Å². The summed E-state index contributed by atoms with van der Waals surface area (Å²) in [6.07, 6.45) is 2.24. The Balaban J connectivity index is 1.30. The van der Waals surface area contributed by atoms with Crippen molar-refractivity contribution in [2.45, 2.75) is 6.42 Å². The van der Waals surface area contributed by atoms with Crippen molar-refractivity contribution in [2.75, 3.05) is 31.1 Å². The summed E-state index contributed by atoms with van der Waals surface area (Å²) in [4.78, 5) is 35.2. The molecule has 3 heterocycles. The second-order valence-corrected chi connectivity index (χ2v) is 8.00. The molecule has 0 radical (unpaired) electrons. The summed E-state index contributed by atoms with van der Waals surface area (Å²) in [7, 11) is 0. The van der Waals surface area contributed by atoms with Gasteiger partial charge in [-0.25, -0.2) is 4.98 Å². The number of carbonyl (C=O) groups excluding carboxylic acids is 1. The number of pyridine rings is 1. The molecular formula is C24H20N6O3. The van der Waals surface area contributed by atoms with Crippen molar-refractivity contribution in [2.24, 2.45) is 0 Å². The molecule has 0 aliphatic carbocycles. The third kappa shape index (κ3) is 3.83. The summed E-state index contributed by atoms with van der Waals surface area (Å²) in [5, 5.41) is 22.2. The van der Waals surface area contributed by atoms with Crippen LogP contribution in [0.5, 0.6) is 0 Å². The quantitative estimate of drug-likeness (QED) is 0.384. The minimum Gasteiger partial charge on any atom is -0.361 e. The Morgan fingerprint density at radius 3 is 2.67 bits per heavy atom. The van der Waals surface area contributed by atoms with Crippen molar-refractivity contribution < 1.29 is 9.72 Å². The molecule has 9 nitrogen and oxygen atoms in total. The number of piperazine rings is 1. The number of nitrogens with one attached hydrogen (secondary N) is 1. The van der Waals surface area contributed by atoms with E-state index in [9.17, 15) is 20.2 Å². The van der Waals surface area contributed by atoms with Crippen LogP contribution in [-0.4, -0.2) is 51.9 Å². The number of anilines is 1. The number of non-ortho nitro benzene ring substituents is 1. The SMILES string of the molecule is N#Cc1cc(N2CCN(C(=O)Cc3c[nH]c4ccccc34)CC2)nc2ccc([N+](=O)[O-])cc12. The fraction of sp³-hybridized carbons (Fsp3) is 0.208. The molecule has 0 spiro atoms. The second kappa shape index (κ2) is 8.24. The van der Waals surface area contributed by atoms with Crippen LogP contribution in [0.4, 0.5) is 11.5 Å². The Hall–Kier alpha value is -4.45. The number of amides is 1. The molecule has 1 amide bonds.